The van der Waals surface area contributed by atoms with Gasteiger partial charge in [0.1, 0.15) is 11.6 Å². The highest BCUT2D eigenvalue weighted by atomic mass is 35.5. The van der Waals surface area contributed by atoms with Crippen LogP contribution < -0.4 is 20.5 Å². The summed E-state index contributed by atoms with van der Waals surface area (Å²) in [6.07, 6.45) is 2.82. The van der Waals surface area contributed by atoms with E-state index in [1.54, 1.807) is 25.4 Å². The fraction of sp³-hybridized carbons (Fsp3) is 0.0952. The number of halogens is 2. The SMILES string of the molecule is CNc1cc2nc(N)c(-c3cccc(NS(=O)(=O)c4cc(Cl)cnc4OC)c3F)cc2cn1. The van der Waals surface area contributed by atoms with Crippen LogP contribution in [0.15, 0.2) is 53.7 Å². The van der Waals surface area contributed by atoms with E-state index < -0.39 is 15.8 Å². The van der Waals surface area contributed by atoms with Crippen molar-refractivity contribution >= 4 is 49.9 Å². The van der Waals surface area contributed by atoms with E-state index in [0.717, 1.165) is 6.07 Å². The summed E-state index contributed by atoms with van der Waals surface area (Å²) in [4.78, 5) is 12.1. The first-order valence-corrected chi connectivity index (χ1v) is 11.3. The van der Waals surface area contributed by atoms with E-state index in [0.29, 0.717) is 22.3 Å². The molecule has 0 aliphatic carbocycles. The van der Waals surface area contributed by atoms with E-state index >= 15 is 4.39 Å². The van der Waals surface area contributed by atoms with Crippen LogP contribution in [0.5, 0.6) is 5.88 Å². The van der Waals surface area contributed by atoms with Gasteiger partial charge in [0.05, 0.1) is 23.3 Å². The summed E-state index contributed by atoms with van der Waals surface area (Å²) >= 11 is 5.89. The van der Waals surface area contributed by atoms with E-state index in [1.807, 2.05) is 0 Å². The number of methoxy groups -OCH3 is 1. The molecule has 33 heavy (non-hydrogen) atoms. The van der Waals surface area contributed by atoms with Crippen molar-refractivity contribution in [2.24, 2.45) is 0 Å². The molecular weight excluding hydrogens is 471 g/mol. The molecule has 3 heterocycles. The first kappa shape index (κ1) is 22.5. The second kappa shape index (κ2) is 8.68. The average Bonchev–Trinajstić information content (AvgIpc) is 2.79. The molecule has 4 aromatic rings. The number of benzene rings is 1. The number of aromatic nitrogens is 3. The van der Waals surface area contributed by atoms with Gasteiger partial charge in [-0.05, 0) is 18.2 Å². The third kappa shape index (κ3) is 4.32. The Morgan fingerprint density at radius 2 is 1.91 bits per heavy atom. The Labute approximate surface area is 193 Å². The molecule has 1 aromatic carbocycles. The van der Waals surface area contributed by atoms with E-state index in [1.165, 1.54) is 31.5 Å². The largest absolute Gasteiger partial charge is 0.480 e. The molecule has 0 spiro atoms. The Balaban J connectivity index is 1.78. The summed E-state index contributed by atoms with van der Waals surface area (Å²) in [6, 6.07) is 8.77. The number of nitrogens with zero attached hydrogens (tertiary/aromatic N) is 3. The zero-order valence-corrected chi connectivity index (χ0v) is 19.0. The monoisotopic (exact) mass is 488 g/mol. The number of nitrogen functional groups attached to an aromatic ring is 1. The molecule has 0 unspecified atom stereocenters. The van der Waals surface area contributed by atoms with Crippen molar-refractivity contribution in [2.45, 2.75) is 4.90 Å². The molecule has 9 nitrogen and oxygen atoms in total. The predicted octanol–water partition coefficient (Wildman–Crippen LogP) is 3.92. The number of rotatable bonds is 6. The number of nitrogens with two attached hydrogens (primary N) is 1. The van der Waals surface area contributed by atoms with Crippen molar-refractivity contribution in [1.29, 1.82) is 0 Å². The minimum Gasteiger partial charge on any atom is -0.480 e. The molecule has 4 N–H and O–H groups in total. The van der Waals surface area contributed by atoms with E-state index in [2.05, 4.69) is 25.0 Å². The first-order chi connectivity index (χ1) is 15.7. The summed E-state index contributed by atoms with van der Waals surface area (Å²) < 4.78 is 48.5. The second-order valence-electron chi connectivity index (χ2n) is 6.87. The average molecular weight is 489 g/mol. The second-order valence-corrected chi connectivity index (χ2v) is 8.95. The van der Waals surface area contributed by atoms with Crippen LogP contribution in [0.4, 0.5) is 21.7 Å². The highest BCUT2D eigenvalue weighted by Crippen LogP contribution is 2.34. The van der Waals surface area contributed by atoms with Crippen molar-refractivity contribution in [1.82, 2.24) is 15.0 Å². The summed E-state index contributed by atoms with van der Waals surface area (Å²) in [5.41, 5.74) is 6.75. The number of sulfonamides is 1. The molecule has 0 saturated heterocycles. The zero-order valence-electron chi connectivity index (χ0n) is 17.4. The third-order valence-electron chi connectivity index (χ3n) is 4.79. The lowest BCUT2D eigenvalue weighted by Crippen LogP contribution is -2.16. The number of hydrogen-bond donors (Lipinski definition) is 3. The lowest BCUT2D eigenvalue weighted by atomic mass is 10.0. The van der Waals surface area contributed by atoms with Gasteiger partial charge in [0.2, 0.25) is 5.88 Å². The smallest absolute Gasteiger partial charge is 0.267 e. The van der Waals surface area contributed by atoms with Gasteiger partial charge >= 0.3 is 0 Å². The van der Waals surface area contributed by atoms with Gasteiger partial charge in [-0.15, -0.1) is 0 Å². The predicted molar refractivity (Wildman–Crippen MR) is 125 cm³/mol. The highest BCUT2D eigenvalue weighted by Gasteiger charge is 2.24. The molecule has 12 heteroatoms. The summed E-state index contributed by atoms with van der Waals surface area (Å²) in [5.74, 6) is -0.325. The molecule has 0 atom stereocenters. The number of ether oxygens (including phenoxy) is 1. The fourth-order valence-corrected chi connectivity index (χ4v) is 4.64. The maximum atomic E-state index is 15.5. The number of anilines is 3. The molecule has 0 saturated carbocycles. The molecule has 3 aromatic heterocycles. The van der Waals surface area contributed by atoms with Gasteiger partial charge in [-0.25, -0.2) is 27.8 Å². The van der Waals surface area contributed by atoms with Crippen LogP contribution in [0.25, 0.3) is 22.0 Å². The summed E-state index contributed by atoms with van der Waals surface area (Å²) in [6.45, 7) is 0. The lowest BCUT2D eigenvalue weighted by Gasteiger charge is -2.14. The Morgan fingerprint density at radius 1 is 1.12 bits per heavy atom. The van der Waals surface area contributed by atoms with Gasteiger partial charge in [-0.2, -0.15) is 0 Å². The molecule has 0 radical (unpaired) electrons. The van der Waals surface area contributed by atoms with Crippen molar-refractivity contribution in [3.63, 3.8) is 0 Å². The number of hydrogen-bond acceptors (Lipinski definition) is 8. The van der Waals surface area contributed by atoms with Crippen LogP contribution in [0, 0.1) is 5.82 Å². The Morgan fingerprint density at radius 3 is 2.64 bits per heavy atom. The Bertz CT molecular complexity index is 1480. The molecule has 4 rings (SSSR count). The minimum atomic E-state index is -4.28. The molecule has 0 fully saturated rings. The lowest BCUT2D eigenvalue weighted by molar-refractivity contribution is 0.385. The van der Waals surface area contributed by atoms with E-state index in [4.69, 9.17) is 22.1 Å². The fourth-order valence-electron chi connectivity index (χ4n) is 3.21. The number of fused-ring (bicyclic) bond motifs is 1. The topological polar surface area (TPSA) is 132 Å². The van der Waals surface area contributed by atoms with Crippen LogP contribution in [0.3, 0.4) is 0 Å². The summed E-state index contributed by atoms with van der Waals surface area (Å²) in [7, 11) is -1.29. The highest BCUT2D eigenvalue weighted by molar-refractivity contribution is 7.92. The normalized spacial score (nSPS) is 11.4. The molecule has 0 amide bonds. The van der Waals surface area contributed by atoms with Gasteiger partial charge in [0, 0.05) is 42.0 Å². The van der Waals surface area contributed by atoms with Gasteiger partial charge < -0.3 is 15.8 Å². The summed E-state index contributed by atoms with van der Waals surface area (Å²) in [5, 5.41) is 3.63. The van der Waals surface area contributed by atoms with Crippen molar-refractivity contribution in [3.05, 3.63) is 59.6 Å². The zero-order chi connectivity index (χ0) is 23.8. The third-order valence-corrected chi connectivity index (χ3v) is 6.35. The van der Waals surface area contributed by atoms with Crippen LogP contribution >= 0.6 is 11.6 Å². The molecule has 0 aliphatic rings. The van der Waals surface area contributed by atoms with E-state index in [9.17, 15) is 8.42 Å². The van der Waals surface area contributed by atoms with Crippen LogP contribution in [-0.2, 0) is 10.0 Å². The van der Waals surface area contributed by atoms with Crippen LogP contribution in [-0.4, -0.2) is 37.5 Å². The molecular formula is C21H18ClFN6O3S. The Hall–Kier alpha value is -3.70. The molecule has 0 aliphatic heterocycles. The van der Waals surface area contributed by atoms with Crippen molar-refractivity contribution < 1.29 is 17.5 Å². The number of nitrogens with one attached hydrogen (secondary N) is 2. The first-order valence-electron chi connectivity index (χ1n) is 9.48. The van der Waals surface area contributed by atoms with Crippen molar-refractivity contribution in [2.75, 3.05) is 29.9 Å². The Kier molecular flexibility index (Phi) is 5.91. The standard InChI is InChI=1S/C21H18ClFN6O3S/c1-25-18-8-16-11(9-26-18)6-14(20(24)28-16)13-4-3-5-15(19(13)23)29-33(30,31)17-7-12(22)10-27-21(17)32-2/h3-10,29H,1-2H3,(H2,24,28)(H,25,26). The van der Waals surface area contributed by atoms with Gasteiger partial charge in [0.15, 0.2) is 10.7 Å². The number of pyridine rings is 3. The molecule has 0 bridgehead atoms. The maximum absolute atomic E-state index is 15.5. The molecule has 170 valence electrons. The maximum Gasteiger partial charge on any atom is 0.267 e. The van der Waals surface area contributed by atoms with E-state index in [-0.39, 0.29) is 32.9 Å². The van der Waals surface area contributed by atoms with Crippen LogP contribution in [0.2, 0.25) is 5.02 Å². The van der Waals surface area contributed by atoms with Gasteiger partial charge in [-0.1, -0.05) is 23.7 Å². The van der Waals surface area contributed by atoms with Crippen molar-refractivity contribution in [3.8, 4) is 17.0 Å². The van der Waals surface area contributed by atoms with Crippen LogP contribution in [0.1, 0.15) is 0 Å². The van der Waals surface area contributed by atoms with Gasteiger partial charge in [-0.3, -0.25) is 4.72 Å². The quantitative estimate of drug-likeness (QED) is 0.372. The van der Waals surface area contributed by atoms with Gasteiger partial charge in [0.25, 0.3) is 10.0 Å². The minimum absolute atomic E-state index is 0.0657.